The van der Waals surface area contributed by atoms with Gasteiger partial charge in [-0.1, -0.05) is 6.07 Å². The molecule has 1 atom stereocenters. The highest BCUT2D eigenvalue weighted by Crippen LogP contribution is 2.28. The van der Waals surface area contributed by atoms with Crippen LogP contribution >= 0.6 is 11.8 Å². The third-order valence-corrected chi connectivity index (χ3v) is 4.36. The van der Waals surface area contributed by atoms with Gasteiger partial charge in [0.2, 0.25) is 5.91 Å². The van der Waals surface area contributed by atoms with Crippen molar-refractivity contribution in [2.45, 2.75) is 18.1 Å². The molecule has 0 N–H and O–H groups in total. The van der Waals surface area contributed by atoms with Crippen LogP contribution < -0.4 is 4.90 Å². The van der Waals surface area contributed by atoms with Gasteiger partial charge in [0.05, 0.1) is 11.9 Å². The Morgan fingerprint density at radius 2 is 2.37 bits per heavy atom. The van der Waals surface area contributed by atoms with Crippen molar-refractivity contribution < 1.29 is 13.9 Å². The highest BCUT2D eigenvalue weighted by atomic mass is 32.2. The molecule has 0 aliphatic carbocycles. The molecule has 1 aliphatic rings. The third-order valence-electron chi connectivity index (χ3n) is 3.12. The van der Waals surface area contributed by atoms with Crippen LogP contribution in [0.25, 0.3) is 0 Å². The van der Waals surface area contributed by atoms with Crippen LogP contribution in [0.4, 0.5) is 10.1 Å². The fraction of sp³-hybridized carbons (Fsp3) is 0.500. The third kappa shape index (κ3) is 3.70. The number of hydrogen-bond donors (Lipinski definition) is 0. The minimum absolute atomic E-state index is 0.0350. The smallest absolute Gasteiger partial charge is 0.240 e. The topological polar surface area (TPSA) is 29.5 Å². The number of rotatable bonds is 5. The lowest BCUT2D eigenvalue weighted by molar-refractivity contribution is -0.119. The predicted octanol–water partition coefficient (Wildman–Crippen LogP) is 2.70. The predicted molar refractivity (Wildman–Crippen MR) is 76.1 cm³/mol. The number of carbonyl (C=O) groups excluding carboxylic acids is 1. The summed E-state index contributed by atoms with van der Waals surface area (Å²) in [5, 5.41) is -0.0350. The van der Waals surface area contributed by atoms with Gasteiger partial charge < -0.3 is 9.64 Å². The maximum absolute atomic E-state index is 13.2. The molecule has 1 aliphatic heterocycles. The lowest BCUT2D eigenvalue weighted by Crippen LogP contribution is -2.43. The Hall–Kier alpha value is -1.07. The van der Waals surface area contributed by atoms with Gasteiger partial charge in [0.15, 0.2) is 0 Å². The first-order valence-electron chi connectivity index (χ1n) is 6.40. The van der Waals surface area contributed by atoms with Crippen molar-refractivity contribution >= 4 is 23.4 Å². The minimum Gasteiger partial charge on any atom is -0.384 e. The number of hydrogen-bond acceptors (Lipinski definition) is 3. The van der Waals surface area contributed by atoms with Crippen LogP contribution in [-0.4, -0.2) is 37.2 Å². The van der Waals surface area contributed by atoms with Crippen molar-refractivity contribution in [2.24, 2.45) is 0 Å². The number of ether oxygens (including phenoxy) is 1. The van der Waals surface area contributed by atoms with E-state index in [4.69, 9.17) is 4.74 Å². The van der Waals surface area contributed by atoms with E-state index >= 15 is 0 Å². The van der Waals surface area contributed by atoms with E-state index in [1.165, 1.54) is 12.1 Å². The first-order chi connectivity index (χ1) is 9.22. The van der Waals surface area contributed by atoms with Crippen LogP contribution in [0.2, 0.25) is 0 Å². The number of benzene rings is 1. The molecule has 1 amide bonds. The number of amides is 1. The molecule has 0 saturated carbocycles. The van der Waals surface area contributed by atoms with Gasteiger partial charge in [-0.05, 0) is 31.0 Å². The monoisotopic (exact) mass is 283 g/mol. The van der Waals surface area contributed by atoms with E-state index in [1.54, 1.807) is 35.9 Å². The second kappa shape index (κ2) is 6.91. The van der Waals surface area contributed by atoms with Crippen molar-refractivity contribution in [1.82, 2.24) is 0 Å². The highest BCUT2D eigenvalue weighted by Gasteiger charge is 2.29. The second-order valence-corrected chi connectivity index (χ2v) is 5.77. The molecule has 19 heavy (non-hydrogen) atoms. The van der Waals surface area contributed by atoms with Crippen molar-refractivity contribution in [2.75, 3.05) is 30.9 Å². The Kier molecular flexibility index (Phi) is 5.22. The Labute approximate surface area is 117 Å². The van der Waals surface area contributed by atoms with Crippen molar-refractivity contribution in [3.05, 3.63) is 30.1 Å². The van der Waals surface area contributed by atoms with Gasteiger partial charge in [0, 0.05) is 25.1 Å². The summed E-state index contributed by atoms with van der Waals surface area (Å²) in [6, 6.07) is 6.23. The Balaban J connectivity index is 2.03. The van der Waals surface area contributed by atoms with E-state index in [0.29, 0.717) is 18.8 Å². The van der Waals surface area contributed by atoms with Crippen molar-refractivity contribution in [1.29, 1.82) is 0 Å². The molecule has 1 aromatic carbocycles. The average Bonchev–Trinajstić information content (AvgIpc) is 2.41. The molecule has 0 spiro atoms. The van der Waals surface area contributed by atoms with Crippen LogP contribution in [0.5, 0.6) is 0 Å². The summed E-state index contributed by atoms with van der Waals surface area (Å²) in [5.41, 5.74) is 0.655. The molecule has 1 heterocycles. The average molecular weight is 283 g/mol. The van der Waals surface area contributed by atoms with Crippen LogP contribution in [0.15, 0.2) is 24.3 Å². The van der Waals surface area contributed by atoms with E-state index in [-0.39, 0.29) is 17.0 Å². The molecular formula is C14H18FNO2S. The van der Waals surface area contributed by atoms with Crippen molar-refractivity contribution in [3.8, 4) is 0 Å². The summed E-state index contributed by atoms with van der Waals surface area (Å²) in [4.78, 5) is 14.1. The molecule has 0 bridgehead atoms. The molecule has 104 valence electrons. The zero-order valence-corrected chi connectivity index (χ0v) is 11.8. The van der Waals surface area contributed by atoms with Gasteiger partial charge >= 0.3 is 0 Å². The number of piperidine rings is 1. The molecule has 1 fully saturated rings. The maximum Gasteiger partial charge on any atom is 0.240 e. The van der Waals surface area contributed by atoms with E-state index in [2.05, 4.69) is 0 Å². The Morgan fingerprint density at radius 3 is 3.11 bits per heavy atom. The molecule has 0 aromatic heterocycles. The van der Waals surface area contributed by atoms with Gasteiger partial charge in [0.25, 0.3) is 0 Å². The maximum atomic E-state index is 13.2. The summed E-state index contributed by atoms with van der Waals surface area (Å²) in [6.07, 6.45) is 1.84. The van der Waals surface area contributed by atoms with Gasteiger partial charge in [0.1, 0.15) is 5.82 Å². The van der Waals surface area contributed by atoms with Crippen LogP contribution in [-0.2, 0) is 9.53 Å². The molecule has 3 nitrogen and oxygen atoms in total. The summed E-state index contributed by atoms with van der Waals surface area (Å²) in [7, 11) is 1.66. The van der Waals surface area contributed by atoms with Crippen molar-refractivity contribution in [3.63, 3.8) is 0 Å². The fourth-order valence-corrected chi connectivity index (χ4v) is 3.32. The molecule has 5 heteroatoms. The number of nitrogens with zero attached hydrogens (tertiary/aromatic N) is 1. The zero-order valence-electron chi connectivity index (χ0n) is 11.0. The van der Waals surface area contributed by atoms with E-state index in [1.807, 2.05) is 0 Å². The number of halogens is 1. The summed E-state index contributed by atoms with van der Waals surface area (Å²) >= 11 is 1.62. The largest absolute Gasteiger partial charge is 0.384 e. The standard InChI is InChI=1S/C14H18FNO2S/c1-18-8-9-19-13-6-3-7-16(14(13)17)12-5-2-4-11(15)10-12/h2,4-5,10,13H,3,6-9H2,1H3. The molecule has 1 saturated heterocycles. The van der Waals surface area contributed by atoms with Crippen LogP contribution in [0.1, 0.15) is 12.8 Å². The first kappa shape index (κ1) is 14.3. The van der Waals surface area contributed by atoms with Gasteiger partial charge in [-0.2, -0.15) is 0 Å². The normalized spacial score (nSPS) is 19.8. The zero-order chi connectivity index (χ0) is 13.7. The van der Waals surface area contributed by atoms with Gasteiger partial charge in [-0.25, -0.2) is 4.39 Å². The van der Waals surface area contributed by atoms with E-state index < -0.39 is 0 Å². The number of methoxy groups -OCH3 is 1. The van der Waals surface area contributed by atoms with Crippen LogP contribution in [0, 0.1) is 5.82 Å². The molecule has 1 aromatic rings. The fourth-order valence-electron chi connectivity index (χ4n) is 2.17. The summed E-state index contributed by atoms with van der Waals surface area (Å²) < 4.78 is 18.2. The quantitative estimate of drug-likeness (QED) is 0.778. The molecule has 0 radical (unpaired) electrons. The molecular weight excluding hydrogens is 265 g/mol. The Morgan fingerprint density at radius 1 is 1.53 bits per heavy atom. The number of anilines is 1. The summed E-state index contributed by atoms with van der Waals surface area (Å²) in [5.74, 6) is 0.585. The number of carbonyl (C=O) groups is 1. The lowest BCUT2D eigenvalue weighted by atomic mass is 10.1. The molecule has 1 unspecified atom stereocenters. The number of thioether (sulfide) groups is 1. The highest BCUT2D eigenvalue weighted by molar-refractivity contribution is 8.00. The first-order valence-corrected chi connectivity index (χ1v) is 7.44. The van der Waals surface area contributed by atoms with E-state index in [9.17, 15) is 9.18 Å². The van der Waals surface area contributed by atoms with Gasteiger partial charge in [-0.3, -0.25) is 4.79 Å². The Bertz CT molecular complexity index is 441. The van der Waals surface area contributed by atoms with Crippen LogP contribution in [0.3, 0.4) is 0 Å². The SMILES string of the molecule is COCCSC1CCCN(c2cccc(F)c2)C1=O. The van der Waals surface area contributed by atoms with E-state index in [0.717, 1.165) is 18.6 Å². The lowest BCUT2D eigenvalue weighted by Gasteiger charge is -2.32. The van der Waals surface area contributed by atoms with Gasteiger partial charge in [-0.15, -0.1) is 11.8 Å². The summed E-state index contributed by atoms with van der Waals surface area (Å²) in [6.45, 7) is 1.32. The minimum atomic E-state index is -0.306. The molecule has 2 rings (SSSR count). The second-order valence-electron chi connectivity index (χ2n) is 4.46.